The molecule has 1 aliphatic rings. The topological polar surface area (TPSA) is 80.6 Å². The van der Waals surface area contributed by atoms with Gasteiger partial charge in [0.15, 0.2) is 0 Å². The predicted molar refractivity (Wildman–Crippen MR) is 126 cm³/mol. The van der Waals surface area contributed by atoms with Gasteiger partial charge >= 0.3 is 0 Å². The average molecular weight is 454 g/mol. The third kappa shape index (κ3) is 4.50. The molecule has 0 atom stereocenters. The van der Waals surface area contributed by atoms with Gasteiger partial charge in [0.25, 0.3) is 5.91 Å². The van der Waals surface area contributed by atoms with Crippen LogP contribution in [0.4, 0.5) is 11.4 Å². The number of carbonyl (C=O) groups is 1. The van der Waals surface area contributed by atoms with Gasteiger partial charge in [-0.25, -0.2) is 8.42 Å². The number of hydrogen-bond acceptors (Lipinski definition) is 4. The van der Waals surface area contributed by atoms with Gasteiger partial charge in [0, 0.05) is 29.7 Å². The molecular weight excluding hydrogens is 426 g/mol. The fourth-order valence-electron chi connectivity index (χ4n) is 3.88. The Morgan fingerprint density at radius 1 is 1.09 bits per heavy atom. The molecule has 1 aliphatic heterocycles. The van der Waals surface area contributed by atoms with E-state index in [1.807, 2.05) is 49.5 Å². The van der Waals surface area contributed by atoms with Crippen molar-refractivity contribution in [3.63, 3.8) is 0 Å². The number of ether oxygens (including phenoxy) is 1. The van der Waals surface area contributed by atoms with E-state index in [2.05, 4.69) is 9.29 Å². The van der Waals surface area contributed by atoms with Gasteiger partial charge in [0.1, 0.15) is 5.75 Å². The first-order valence-corrected chi connectivity index (χ1v) is 12.3. The predicted octanol–water partition coefficient (Wildman–Crippen LogP) is 4.25. The van der Waals surface area contributed by atoms with Gasteiger partial charge in [-0.15, -0.1) is 0 Å². The summed E-state index contributed by atoms with van der Waals surface area (Å²) in [5.74, 6) is 0.172. The Morgan fingerprint density at radius 2 is 1.91 bits per heavy atom. The Balaban J connectivity index is 1.66. The van der Waals surface area contributed by atoms with E-state index in [4.69, 9.17) is 4.74 Å². The standard InChI is InChI=1S/C24H27N3O4S/c1-3-4-14-32(29,30)25-21-12-11-18(15-23(21)31-2)24(28)27-17-20-9-7-13-26(20)16-19-8-5-6-10-22(19)27/h5-13,15,25H,3-4,14,16-17H2,1-2H3. The van der Waals surface area contributed by atoms with E-state index in [-0.39, 0.29) is 11.7 Å². The molecule has 168 valence electrons. The zero-order valence-corrected chi connectivity index (χ0v) is 19.1. The van der Waals surface area contributed by atoms with Gasteiger partial charge in [-0.3, -0.25) is 9.52 Å². The molecule has 2 aromatic carbocycles. The zero-order valence-electron chi connectivity index (χ0n) is 18.2. The first kappa shape index (κ1) is 22.0. The maximum absolute atomic E-state index is 13.6. The Bertz CT molecular complexity index is 1230. The quantitative estimate of drug-likeness (QED) is 0.580. The van der Waals surface area contributed by atoms with Crippen LogP contribution in [0.15, 0.2) is 60.8 Å². The second-order valence-electron chi connectivity index (χ2n) is 7.84. The molecular formula is C24H27N3O4S. The number of amides is 1. The summed E-state index contributed by atoms with van der Waals surface area (Å²) in [6, 6.07) is 16.7. The summed E-state index contributed by atoms with van der Waals surface area (Å²) in [4.78, 5) is 15.3. The minimum atomic E-state index is -3.48. The summed E-state index contributed by atoms with van der Waals surface area (Å²) in [6.45, 7) is 3.08. The highest BCUT2D eigenvalue weighted by Crippen LogP contribution is 2.32. The maximum atomic E-state index is 13.6. The molecule has 0 unspecified atom stereocenters. The SMILES string of the molecule is CCCCS(=O)(=O)Nc1ccc(C(=O)N2Cc3cccn3Cc3ccccc32)cc1OC. The number of carbonyl (C=O) groups excluding carboxylic acids is 1. The van der Waals surface area contributed by atoms with Crippen LogP contribution >= 0.6 is 0 Å². The molecule has 1 aromatic heterocycles. The number of anilines is 2. The van der Waals surface area contributed by atoms with Crippen LogP contribution < -0.4 is 14.4 Å². The second-order valence-corrected chi connectivity index (χ2v) is 9.68. The second kappa shape index (κ2) is 9.08. The average Bonchev–Trinajstić information content (AvgIpc) is 3.16. The maximum Gasteiger partial charge on any atom is 0.258 e. The van der Waals surface area contributed by atoms with E-state index in [0.29, 0.717) is 36.5 Å². The van der Waals surface area contributed by atoms with Crippen molar-refractivity contribution in [2.45, 2.75) is 32.9 Å². The highest BCUT2D eigenvalue weighted by atomic mass is 32.2. The number of aromatic nitrogens is 1. The molecule has 4 rings (SSSR count). The molecule has 0 aliphatic carbocycles. The minimum absolute atomic E-state index is 0.0392. The Kier molecular flexibility index (Phi) is 6.23. The van der Waals surface area contributed by atoms with Crippen LogP contribution in [0.1, 0.15) is 41.4 Å². The molecule has 3 aromatic rings. The summed E-state index contributed by atoms with van der Waals surface area (Å²) >= 11 is 0. The van der Waals surface area contributed by atoms with Gasteiger partial charge < -0.3 is 14.2 Å². The van der Waals surface area contributed by atoms with Crippen molar-refractivity contribution in [3.05, 3.63) is 77.6 Å². The summed E-state index contributed by atoms with van der Waals surface area (Å²) in [5.41, 5.74) is 3.72. The van der Waals surface area contributed by atoms with E-state index in [1.165, 1.54) is 7.11 Å². The summed E-state index contributed by atoms with van der Waals surface area (Å²) in [5, 5.41) is 0. The van der Waals surface area contributed by atoms with Crippen LogP contribution in [0.25, 0.3) is 0 Å². The third-order valence-electron chi connectivity index (χ3n) is 5.59. The molecule has 1 N–H and O–H groups in total. The lowest BCUT2D eigenvalue weighted by Gasteiger charge is -2.23. The number of benzene rings is 2. The Labute approximate surface area is 188 Å². The molecule has 0 radical (unpaired) electrons. The van der Waals surface area contributed by atoms with Crippen LogP contribution in [0.5, 0.6) is 5.75 Å². The zero-order chi connectivity index (χ0) is 22.7. The van der Waals surface area contributed by atoms with Crippen molar-refractivity contribution in [2.24, 2.45) is 0 Å². The van der Waals surface area contributed by atoms with Crippen LogP contribution in [-0.4, -0.2) is 31.8 Å². The van der Waals surface area contributed by atoms with Gasteiger partial charge in [0.05, 0.1) is 25.1 Å². The molecule has 2 heterocycles. The third-order valence-corrected chi connectivity index (χ3v) is 6.95. The smallest absolute Gasteiger partial charge is 0.258 e. The fraction of sp³-hybridized carbons (Fsp3) is 0.292. The highest BCUT2D eigenvalue weighted by Gasteiger charge is 2.25. The number of sulfonamides is 1. The molecule has 0 saturated carbocycles. The first-order valence-electron chi connectivity index (χ1n) is 10.6. The molecule has 0 bridgehead atoms. The van der Waals surface area contributed by atoms with E-state index in [1.54, 1.807) is 23.1 Å². The summed E-state index contributed by atoms with van der Waals surface area (Å²) < 4.78 is 34.8. The Hall–Kier alpha value is -3.26. The number of unbranched alkanes of at least 4 members (excludes halogenated alkanes) is 1. The van der Waals surface area contributed by atoms with Crippen LogP contribution in [0, 0.1) is 0 Å². The molecule has 1 amide bonds. The normalized spacial score (nSPS) is 13.1. The number of methoxy groups -OCH3 is 1. The lowest BCUT2D eigenvalue weighted by molar-refractivity contribution is 0.0984. The number of nitrogens with one attached hydrogen (secondary N) is 1. The van der Waals surface area contributed by atoms with E-state index in [0.717, 1.165) is 23.4 Å². The minimum Gasteiger partial charge on any atom is -0.495 e. The summed E-state index contributed by atoms with van der Waals surface area (Å²) in [6.07, 6.45) is 3.37. The van der Waals surface area contributed by atoms with E-state index in [9.17, 15) is 13.2 Å². The van der Waals surface area contributed by atoms with Crippen molar-refractivity contribution >= 4 is 27.3 Å². The highest BCUT2D eigenvalue weighted by molar-refractivity contribution is 7.92. The van der Waals surface area contributed by atoms with Crippen molar-refractivity contribution in [1.29, 1.82) is 0 Å². The van der Waals surface area contributed by atoms with Gasteiger partial charge in [-0.1, -0.05) is 31.5 Å². The number of nitrogens with zero attached hydrogens (tertiary/aromatic N) is 2. The first-order chi connectivity index (χ1) is 15.4. The van der Waals surface area contributed by atoms with Crippen molar-refractivity contribution in [2.75, 3.05) is 22.5 Å². The number of fused-ring (bicyclic) bond motifs is 2. The van der Waals surface area contributed by atoms with Gasteiger partial charge in [-0.2, -0.15) is 0 Å². The van der Waals surface area contributed by atoms with Gasteiger partial charge in [0.2, 0.25) is 10.0 Å². The van der Waals surface area contributed by atoms with E-state index < -0.39 is 10.0 Å². The molecule has 0 saturated heterocycles. The number of hydrogen-bond donors (Lipinski definition) is 1. The monoisotopic (exact) mass is 453 g/mol. The van der Waals surface area contributed by atoms with Crippen LogP contribution in [0.3, 0.4) is 0 Å². The Morgan fingerprint density at radius 3 is 2.69 bits per heavy atom. The molecule has 8 heteroatoms. The van der Waals surface area contributed by atoms with Crippen molar-refractivity contribution in [3.8, 4) is 5.75 Å². The molecule has 7 nitrogen and oxygen atoms in total. The lowest BCUT2D eigenvalue weighted by Crippen LogP contribution is -2.30. The lowest BCUT2D eigenvalue weighted by atomic mass is 10.1. The molecule has 32 heavy (non-hydrogen) atoms. The van der Waals surface area contributed by atoms with Crippen LogP contribution in [0.2, 0.25) is 0 Å². The molecule has 0 spiro atoms. The molecule has 0 fully saturated rings. The fourth-order valence-corrected chi connectivity index (χ4v) is 5.16. The summed E-state index contributed by atoms with van der Waals surface area (Å²) in [7, 11) is -2.02. The largest absolute Gasteiger partial charge is 0.495 e. The van der Waals surface area contributed by atoms with Crippen molar-refractivity contribution < 1.29 is 17.9 Å². The van der Waals surface area contributed by atoms with Crippen molar-refractivity contribution in [1.82, 2.24) is 4.57 Å². The van der Waals surface area contributed by atoms with Gasteiger partial charge in [-0.05, 0) is 48.4 Å². The van der Waals surface area contributed by atoms with Crippen LogP contribution in [-0.2, 0) is 23.1 Å². The number of rotatable bonds is 7. The number of para-hydroxylation sites is 1. The van der Waals surface area contributed by atoms with E-state index >= 15 is 0 Å².